The summed E-state index contributed by atoms with van der Waals surface area (Å²) in [4.78, 5) is 13.4. The molecular weight excluding hydrogens is 293 g/mol. The maximum atomic E-state index is 12.0. The number of hydrogen-bond acceptors (Lipinski definition) is 1. The molecule has 0 saturated heterocycles. The third kappa shape index (κ3) is 3.54. The molecule has 2 rings (SSSR count). The van der Waals surface area contributed by atoms with Crippen molar-refractivity contribution >= 4 is 34.8 Å². The standard InChI is InChI=1S/C16H11Cl2NO/c1-19(15-9-8-13(17)11-14(15)18)16(20)10-7-12-5-3-2-4-6-12/h2-6,8-9,11H,1H3. The topological polar surface area (TPSA) is 20.3 Å². The normalized spacial score (nSPS) is 9.55. The Morgan fingerprint density at radius 2 is 1.80 bits per heavy atom. The summed E-state index contributed by atoms with van der Waals surface area (Å²) < 4.78 is 0. The van der Waals surface area contributed by atoms with Crippen molar-refractivity contribution in [1.29, 1.82) is 0 Å². The van der Waals surface area contributed by atoms with Crippen LogP contribution in [0.4, 0.5) is 5.69 Å². The molecule has 0 aliphatic rings. The van der Waals surface area contributed by atoms with E-state index in [9.17, 15) is 4.79 Å². The van der Waals surface area contributed by atoms with Crippen molar-refractivity contribution in [3.63, 3.8) is 0 Å². The van der Waals surface area contributed by atoms with Crippen LogP contribution in [0.2, 0.25) is 10.0 Å². The number of hydrogen-bond donors (Lipinski definition) is 0. The van der Waals surface area contributed by atoms with E-state index in [1.165, 1.54) is 4.90 Å². The zero-order valence-corrected chi connectivity index (χ0v) is 12.2. The Bertz CT molecular complexity index is 687. The average molecular weight is 304 g/mol. The van der Waals surface area contributed by atoms with Crippen LogP contribution in [0.3, 0.4) is 0 Å². The highest BCUT2D eigenvalue weighted by Gasteiger charge is 2.11. The largest absolute Gasteiger partial charge is 0.303 e. The molecule has 2 aromatic carbocycles. The van der Waals surface area contributed by atoms with Crippen molar-refractivity contribution in [2.75, 3.05) is 11.9 Å². The number of anilines is 1. The molecule has 2 aromatic rings. The molecule has 0 atom stereocenters. The summed E-state index contributed by atoms with van der Waals surface area (Å²) in [7, 11) is 1.62. The number of halogens is 2. The van der Waals surface area contributed by atoms with Gasteiger partial charge in [-0.05, 0) is 30.3 Å². The highest BCUT2D eigenvalue weighted by atomic mass is 35.5. The lowest BCUT2D eigenvalue weighted by molar-refractivity contribution is -0.113. The summed E-state index contributed by atoms with van der Waals surface area (Å²) in [5.74, 6) is 5.06. The molecule has 0 aliphatic heterocycles. The third-order valence-corrected chi connectivity index (χ3v) is 3.20. The SMILES string of the molecule is CN(C(=O)C#Cc1ccccc1)c1ccc(Cl)cc1Cl. The highest BCUT2D eigenvalue weighted by Crippen LogP contribution is 2.27. The number of benzene rings is 2. The molecule has 0 heterocycles. The molecule has 4 heteroatoms. The molecular formula is C16H11Cl2NO. The predicted molar refractivity (Wildman–Crippen MR) is 83.2 cm³/mol. The van der Waals surface area contributed by atoms with Gasteiger partial charge in [-0.15, -0.1) is 0 Å². The van der Waals surface area contributed by atoms with E-state index in [0.717, 1.165) is 5.56 Å². The van der Waals surface area contributed by atoms with Gasteiger partial charge in [0.2, 0.25) is 0 Å². The van der Waals surface area contributed by atoms with Crippen molar-refractivity contribution in [2.45, 2.75) is 0 Å². The zero-order chi connectivity index (χ0) is 14.5. The molecule has 0 radical (unpaired) electrons. The first-order chi connectivity index (χ1) is 9.58. The van der Waals surface area contributed by atoms with Gasteiger partial charge < -0.3 is 4.90 Å². The Morgan fingerprint density at radius 1 is 1.10 bits per heavy atom. The van der Waals surface area contributed by atoms with Gasteiger partial charge in [0.25, 0.3) is 0 Å². The second-order valence-corrected chi connectivity index (χ2v) is 4.92. The van der Waals surface area contributed by atoms with Gasteiger partial charge in [-0.2, -0.15) is 0 Å². The fourth-order valence-corrected chi connectivity index (χ4v) is 2.13. The van der Waals surface area contributed by atoms with E-state index >= 15 is 0 Å². The molecule has 0 bridgehead atoms. The van der Waals surface area contributed by atoms with Crippen LogP contribution >= 0.6 is 23.2 Å². The van der Waals surface area contributed by atoms with Gasteiger partial charge in [0, 0.05) is 23.6 Å². The average Bonchev–Trinajstić information content (AvgIpc) is 2.45. The van der Waals surface area contributed by atoms with Gasteiger partial charge in [0.1, 0.15) is 0 Å². The van der Waals surface area contributed by atoms with Crippen LogP contribution in [0.1, 0.15) is 5.56 Å². The number of nitrogens with zero attached hydrogens (tertiary/aromatic N) is 1. The van der Waals surface area contributed by atoms with Crippen LogP contribution < -0.4 is 4.90 Å². The second kappa shape index (κ2) is 6.47. The van der Waals surface area contributed by atoms with Crippen LogP contribution in [0.25, 0.3) is 0 Å². The van der Waals surface area contributed by atoms with Crippen LogP contribution in [-0.4, -0.2) is 13.0 Å². The van der Waals surface area contributed by atoms with Gasteiger partial charge in [0.05, 0.1) is 10.7 Å². The number of carbonyl (C=O) groups is 1. The molecule has 0 spiro atoms. The van der Waals surface area contributed by atoms with E-state index in [2.05, 4.69) is 11.8 Å². The second-order valence-electron chi connectivity index (χ2n) is 4.08. The first kappa shape index (κ1) is 14.5. The highest BCUT2D eigenvalue weighted by molar-refractivity contribution is 6.37. The van der Waals surface area contributed by atoms with Crippen molar-refractivity contribution in [3.8, 4) is 11.8 Å². The summed E-state index contributed by atoms with van der Waals surface area (Å²) >= 11 is 11.9. The summed E-state index contributed by atoms with van der Waals surface area (Å²) in [6, 6.07) is 14.3. The van der Waals surface area contributed by atoms with Crippen molar-refractivity contribution in [2.24, 2.45) is 0 Å². The Morgan fingerprint density at radius 3 is 2.45 bits per heavy atom. The number of carbonyl (C=O) groups excluding carboxylic acids is 1. The lowest BCUT2D eigenvalue weighted by Crippen LogP contribution is -2.24. The predicted octanol–water partition coefficient (Wildman–Crippen LogP) is 4.01. The van der Waals surface area contributed by atoms with Crippen molar-refractivity contribution in [1.82, 2.24) is 0 Å². The quantitative estimate of drug-likeness (QED) is 0.729. The lowest BCUT2D eigenvalue weighted by Gasteiger charge is -2.15. The number of rotatable bonds is 1. The molecule has 0 aliphatic carbocycles. The summed E-state index contributed by atoms with van der Waals surface area (Å²) in [5.41, 5.74) is 1.36. The van der Waals surface area contributed by atoms with Gasteiger partial charge in [-0.1, -0.05) is 47.3 Å². The molecule has 20 heavy (non-hydrogen) atoms. The maximum Gasteiger partial charge on any atom is 0.303 e. The summed E-state index contributed by atoms with van der Waals surface area (Å²) in [6.07, 6.45) is 0. The van der Waals surface area contributed by atoms with Gasteiger partial charge >= 0.3 is 5.91 Å². The maximum absolute atomic E-state index is 12.0. The van der Waals surface area contributed by atoms with Crippen molar-refractivity contribution in [3.05, 3.63) is 64.1 Å². The molecule has 1 amide bonds. The summed E-state index contributed by atoms with van der Waals surface area (Å²) in [5, 5.41) is 0.935. The Labute approximate surface area is 127 Å². The van der Waals surface area contributed by atoms with E-state index < -0.39 is 0 Å². The molecule has 0 saturated carbocycles. The van der Waals surface area contributed by atoms with E-state index in [1.807, 2.05) is 30.3 Å². The van der Waals surface area contributed by atoms with Crippen LogP contribution in [0.15, 0.2) is 48.5 Å². The van der Waals surface area contributed by atoms with E-state index in [0.29, 0.717) is 15.7 Å². The molecule has 100 valence electrons. The first-order valence-corrected chi connectivity index (χ1v) is 6.63. The van der Waals surface area contributed by atoms with Crippen LogP contribution in [-0.2, 0) is 4.79 Å². The minimum absolute atomic E-state index is 0.335. The molecule has 2 nitrogen and oxygen atoms in total. The first-order valence-electron chi connectivity index (χ1n) is 5.88. The fraction of sp³-hybridized carbons (Fsp3) is 0.0625. The molecule has 0 fully saturated rings. The minimum atomic E-state index is -0.335. The Hall–Kier alpha value is -1.95. The van der Waals surface area contributed by atoms with E-state index in [4.69, 9.17) is 23.2 Å². The lowest BCUT2D eigenvalue weighted by atomic mass is 10.2. The smallest absolute Gasteiger partial charge is 0.303 e. The Balaban J connectivity index is 2.19. The third-order valence-electron chi connectivity index (χ3n) is 2.66. The van der Waals surface area contributed by atoms with Gasteiger partial charge in [-0.3, -0.25) is 4.79 Å². The van der Waals surface area contributed by atoms with E-state index in [-0.39, 0.29) is 5.91 Å². The molecule has 0 aromatic heterocycles. The van der Waals surface area contributed by atoms with Crippen LogP contribution in [0.5, 0.6) is 0 Å². The van der Waals surface area contributed by atoms with Crippen molar-refractivity contribution < 1.29 is 4.79 Å². The molecule has 0 N–H and O–H groups in total. The minimum Gasteiger partial charge on any atom is -0.303 e. The fourth-order valence-electron chi connectivity index (χ4n) is 1.59. The van der Waals surface area contributed by atoms with E-state index in [1.54, 1.807) is 25.2 Å². The van der Waals surface area contributed by atoms with Gasteiger partial charge in [-0.25, -0.2) is 0 Å². The zero-order valence-electron chi connectivity index (χ0n) is 10.7. The summed E-state index contributed by atoms with van der Waals surface area (Å²) in [6.45, 7) is 0. The Kier molecular flexibility index (Phi) is 4.68. The monoisotopic (exact) mass is 303 g/mol. The van der Waals surface area contributed by atoms with Gasteiger partial charge in [0.15, 0.2) is 0 Å². The van der Waals surface area contributed by atoms with Crippen LogP contribution in [0, 0.1) is 11.8 Å². The number of amides is 1. The molecule has 0 unspecified atom stereocenters.